The Morgan fingerprint density at radius 2 is 2.12 bits per heavy atom. The molecular weight excluding hydrogens is 377 g/mol. The Kier molecular flexibility index (Phi) is 3.65. The van der Waals surface area contributed by atoms with Crippen LogP contribution >= 0.6 is 33.3 Å². The lowest BCUT2D eigenvalue weighted by Crippen LogP contribution is -2.26. The lowest BCUT2D eigenvalue weighted by atomic mass is 10.3. The topological polar surface area (TPSA) is 54.5 Å². The number of hydrogen-bond acceptors (Lipinski definition) is 3. The molecule has 1 saturated heterocycles. The summed E-state index contributed by atoms with van der Waals surface area (Å²) in [7, 11) is 1.60. The van der Waals surface area contributed by atoms with Gasteiger partial charge >= 0.3 is 0 Å². The first kappa shape index (κ1) is 13.1. The minimum Gasteiger partial charge on any atom is -0.311 e. The molecule has 1 aromatic rings. The average Bonchev–Trinajstić information content (AvgIpc) is 2.60. The minimum atomic E-state index is -3.68. The quantitative estimate of drug-likeness (QED) is 0.578. The molecule has 1 aliphatic rings. The summed E-state index contributed by atoms with van der Waals surface area (Å²) in [6.45, 7) is 0.130. The second kappa shape index (κ2) is 4.74. The highest BCUT2D eigenvalue weighted by atomic mass is 127. The normalized spacial score (nSPS) is 20.9. The third kappa shape index (κ3) is 2.92. The number of amides is 1. The number of anilines is 1. The molecule has 2 rings (SSSR count). The summed E-state index contributed by atoms with van der Waals surface area (Å²) in [5.74, 6) is -0.207. The number of nitrogens with zero attached hydrogens (tertiary/aromatic N) is 1. The summed E-state index contributed by atoms with van der Waals surface area (Å²) in [5.41, 5.74) is 0.713. The van der Waals surface area contributed by atoms with Crippen molar-refractivity contribution in [1.29, 1.82) is 0 Å². The molecule has 0 aliphatic carbocycles. The highest BCUT2D eigenvalue weighted by molar-refractivity contribution is 14.1. The number of benzene rings is 1. The van der Waals surface area contributed by atoms with Gasteiger partial charge in [-0.15, -0.1) is 0 Å². The van der Waals surface area contributed by atoms with E-state index in [1.54, 1.807) is 6.07 Å². The van der Waals surface area contributed by atoms with Gasteiger partial charge in [-0.1, -0.05) is 6.07 Å². The SMILES string of the molecule is O=C1CC(S(=O)(=O)Cl)CN1c1cccc(I)c1. The summed E-state index contributed by atoms with van der Waals surface area (Å²) < 4.78 is 23.4. The second-order valence-corrected chi connectivity index (χ2v) is 7.94. The van der Waals surface area contributed by atoms with Crippen molar-refractivity contribution in [3.63, 3.8) is 0 Å². The molecule has 1 heterocycles. The lowest BCUT2D eigenvalue weighted by molar-refractivity contribution is -0.117. The predicted molar refractivity (Wildman–Crippen MR) is 74.7 cm³/mol. The van der Waals surface area contributed by atoms with Gasteiger partial charge in [-0.3, -0.25) is 4.79 Å². The number of halogens is 2. The second-order valence-electron chi connectivity index (χ2n) is 3.79. The monoisotopic (exact) mass is 385 g/mol. The third-order valence-corrected chi connectivity index (χ3v) is 5.15. The largest absolute Gasteiger partial charge is 0.311 e. The smallest absolute Gasteiger partial charge is 0.237 e. The van der Waals surface area contributed by atoms with E-state index in [0.29, 0.717) is 5.69 Å². The Labute approximate surface area is 118 Å². The van der Waals surface area contributed by atoms with Gasteiger partial charge in [0.1, 0.15) is 5.25 Å². The maximum atomic E-state index is 11.7. The highest BCUT2D eigenvalue weighted by Crippen LogP contribution is 2.27. The van der Waals surface area contributed by atoms with Crippen molar-refractivity contribution in [2.24, 2.45) is 0 Å². The molecule has 1 unspecified atom stereocenters. The van der Waals surface area contributed by atoms with Gasteiger partial charge in [0.25, 0.3) is 0 Å². The third-order valence-electron chi connectivity index (χ3n) is 2.61. The van der Waals surface area contributed by atoms with Crippen LogP contribution in [-0.2, 0) is 13.8 Å². The summed E-state index contributed by atoms with van der Waals surface area (Å²) in [4.78, 5) is 13.2. The van der Waals surface area contributed by atoms with Crippen molar-refractivity contribution in [2.45, 2.75) is 11.7 Å². The van der Waals surface area contributed by atoms with E-state index in [2.05, 4.69) is 22.6 Å². The Morgan fingerprint density at radius 1 is 1.41 bits per heavy atom. The van der Waals surface area contributed by atoms with Gasteiger partial charge in [-0.25, -0.2) is 8.42 Å². The maximum absolute atomic E-state index is 11.7. The molecule has 92 valence electrons. The summed E-state index contributed by atoms with van der Waals surface area (Å²) in [6.07, 6.45) is -0.0443. The van der Waals surface area contributed by atoms with Gasteiger partial charge in [-0.05, 0) is 40.8 Å². The molecule has 1 atom stereocenters. The zero-order valence-corrected chi connectivity index (χ0v) is 12.4. The Hall–Kier alpha value is -0.340. The van der Waals surface area contributed by atoms with Crippen molar-refractivity contribution < 1.29 is 13.2 Å². The van der Waals surface area contributed by atoms with Crippen molar-refractivity contribution >= 4 is 53.9 Å². The van der Waals surface area contributed by atoms with Crippen molar-refractivity contribution in [1.82, 2.24) is 0 Å². The van der Waals surface area contributed by atoms with Gasteiger partial charge in [0.05, 0.1) is 0 Å². The van der Waals surface area contributed by atoms with E-state index < -0.39 is 14.3 Å². The van der Waals surface area contributed by atoms with Gasteiger partial charge in [0.2, 0.25) is 15.0 Å². The Balaban J connectivity index is 2.28. The molecule has 17 heavy (non-hydrogen) atoms. The molecular formula is C10H9ClINO3S. The average molecular weight is 386 g/mol. The first-order chi connectivity index (χ1) is 7.88. The number of carbonyl (C=O) groups is 1. The van der Waals surface area contributed by atoms with Gasteiger partial charge in [-0.2, -0.15) is 0 Å². The van der Waals surface area contributed by atoms with Crippen LogP contribution in [0.1, 0.15) is 6.42 Å². The first-order valence-electron chi connectivity index (χ1n) is 4.87. The fraction of sp³-hybridized carbons (Fsp3) is 0.300. The van der Waals surface area contributed by atoms with E-state index in [1.807, 2.05) is 18.2 Å². The molecule has 1 fully saturated rings. The van der Waals surface area contributed by atoms with Crippen LogP contribution in [0, 0.1) is 3.57 Å². The molecule has 1 aliphatic heterocycles. The van der Waals surface area contributed by atoms with Crippen LogP contribution in [-0.4, -0.2) is 26.1 Å². The number of hydrogen-bond donors (Lipinski definition) is 0. The van der Waals surface area contributed by atoms with Crippen LogP contribution in [0.5, 0.6) is 0 Å². The fourth-order valence-electron chi connectivity index (χ4n) is 1.76. The van der Waals surface area contributed by atoms with Gasteiger partial charge in [0, 0.05) is 32.9 Å². The molecule has 1 aromatic carbocycles. The van der Waals surface area contributed by atoms with Crippen molar-refractivity contribution in [2.75, 3.05) is 11.4 Å². The molecule has 0 aromatic heterocycles. The standard InChI is InChI=1S/C10H9ClINO3S/c11-17(15,16)9-5-10(14)13(6-9)8-3-1-2-7(12)4-8/h1-4,9H,5-6H2. The van der Waals surface area contributed by atoms with Crippen molar-refractivity contribution in [3.8, 4) is 0 Å². The molecule has 7 heteroatoms. The Bertz CT molecular complexity index is 560. The van der Waals surface area contributed by atoms with Gasteiger partial charge < -0.3 is 4.90 Å². The van der Waals surface area contributed by atoms with E-state index in [1.165, 1.54) is 4.90 Å². The van der Waals surface area contributed by atoms with E-state index >= 15 is 0 Å². The van der Waals surface area contributed by atoms with Crippen LogP contribution in [0.15, 0.2) is 24.3 Å². The van der Waals surface area contributed by atoms with E-state index in [-0.39, 0.29) is 18.9 Å². The minimum absolute atomic E-state index is 0.0443. The zero-order valence-electron chi connectivity index (χ0n) is 8.64. The van der Waals surface area contributed by atoms with Crippen LogP contribution < -0.4 is 4.90 Å². The van der Waals surface area contributed by atoms with E-state index in [0.717, 1.165) is 3.57 Å². The molecule has 1 amide bonds. The van der Waals surface area contributed by atoms with Gasteiger partial charge in [0.15, 0.2) is 0 Å². The molecule has 0 saturated carbocycles. The molecule has 0 radical (unpaired) electrons. The summed E-state index contributed by atoms with van der Waals surface area (Å²) in [6, 6.07) is 7.35. The van der Waals surface area contributed by atoms with E-state index in [4.69, 9.17) is 10.7 Å². The van der Waals surface area contributed by atoms with Crippen LogP contribution in [0.3, 0.4) is 0 Å². The molecule has 0 bridgehead atoms. The maximum Gasteiger partial charge on any atom is 0.237 e. The summed E-state index contributed by atoms with van der Waals surface area (Å²) in [5, 5.41) is -0.811. The fourth-order valence-corrected chi connectivity index (χ4v) is 3.31. The van der Waals surface area contributed by atoms with Crippen LogP contribution in [0.2, 0.25) is 0 Å². The molecule has 0 spiro atoms. The highest BCUT2D eigenvalue weighted by Gasteiger charge is 2.37. The van der Waals surface area contributed by atoms with Crippen LogP contribution in [0.4, 0.5) is 5.69 Å². The van der Waals surface area contributed by atoms with Crippen LogP contribution in [0.25, 0.3) is 0 Å². The van der Waals surface area contributed by atoms with E-state index in [9.17, 15) is 13.2 Å². The Morgan fingerprint density at radius 3 is 2.65 bits per heavy atom. The van der Waals surface area contributed by atoms with Crippen molar-refractivity contribution in [3.05, 3.63) is 27.8 Å². The first-order valence-corrected chi connectivity index (χ1v) is 8.32. The molecule has 4 nitrogen and oxygen atoms in total. The number of carbonyl (C=O) groups excluding carboxylic acids is 1. The summed E-state index contributed by atoms with van der Waals surface area (Å²) >= 11 is 2.14. The number of rotatable bonds is 2. The zero-order chi connectivity index (χ0) is 12.6. The predicted octanol–water partition coefficient (Wildman–Crippen LogP) is 1.97. The molecule has 0 N–H and O–H groups in total. The lowest BCUT2D eigenvalue weighted by Gasteiger charge is -2.16.